The van der Waals surface area contributed by atoms with Crippen LogP contribution >= 0.6 is 34.0 Å². The maximum atomic E-state index is 5.89. The number of thiophene rings is 3. The third-order valence-corrected chi connectivity index (χ3v) is 27.9. The molecule has 4 aromatic rings. The van der Waals surface area contributed by atoms with Gasteiger partial charge in [-0.15, -0.1) is 0 Å². The molecule has 0 aliphatic rings. The third-order valence-electron chi connectivity index (χ3n) is 10.8. The molecule has 4 rings (SSSR count). The molecule has 300 valence electrons. The van der Waals surface area contributed by atoms with Crippen LogP contribution in [0.4, 0.5) is 0 Å². The number of unbranched alkanes of at least 4 members (excludes halogenated alkanes) is 9. The Kier molecular flexibility index (Phi) is 19.6. The normalized spacial score (nSPS) is 12.2. The van der Waals surface area contributed by atoms with E-state index in [1.54, 1.807) is 44.4 Å². The summed E-state index contributed by atoms with van der Waals surface area (Å²) in [4.78, 5) is 6.29. The fraction of sp³-hybridized carbons (Fsp3) is 0.617. The van der Waals surface area contributed by atoms with Gasteiger partial charge in [0.25, 0.3) is 0 Å². The zero-order chi connectivity index (χ0) is 39.0. The van der Waals surface area contributed by atoms with Gasteiger partial charge >= 0.3 is 330 Å². The summed E-state index contributed by atoms with van der Waals surface area (Å²) in [5.41, 5.74) is 6.35. The molecule has 0 saturated carbocycles. The van der Waals surface area contributed by atoms with Gasteiger partial charge in [-0.25, -0.2) is 0 Å². The van der Waals surface area contributed by atoms with Gasteiger partial charge in [0.15, 0.2) is 0 Å². The van der Waals surface area contributed by atoms with Crippen molar-refractivity contribution in [2.24, 2.45) is 0 Å². The molecule has 0 atom stereocenters. The van der Waals surface area contributed by atoms with Gasteiger partial charge in [-0.05, 0) is 0 Å². The SMILES string of the molecule is CCCCCCc1cc(-c2s[c]([Ge]([CH3])([CH3])[CH2]Cc3ccc(OCCOCC)cc3)cc2CCCCCC)sc1-c1cc(CCCCCC)c([Si](C)(C)C)s1. The van der Waals surface area contributed by atoms with Crippen molar-refractivity contribution in [3.63, 3.8) is 0 Å². The van der Waals surface area contributed by atoms with Crippen LogP contribution in [0.5, 0.6) is 5.75 Å². The summed E-state index contributed by atoms with van der Waals surface area (Å²) in [7, 11) is -1.44. The molecule has 7 heteroatoms. The number of aryl methyl sites for hydroxylation is 4. The van der Waals surface area contributed by atoms with Gasteiger partial charge in [0.05, 0.1) is 0 Å². The Morgan fingerprint density at radius 2 is 1.11 bits per heavy atom. The average Bonchev–Trinajstić information content (AvgIpc) is 3.89. The molecule has 1 aromatic carbocycles. The number of rotatable bonds is 27. The Hall–Kier alpha value is -1.16. The first kappa shape index (κ1) is 45.5. The Morgan fingerprint density at radius 1 is 0.574 bits per heavy atom. The molecule has 2 nitrogen and oxygen atoms in total. The molecule has 3 heterocycles. The maximum absolute atomic E-state index is 5.89. The summed E-state index contributed by atoms with van der Waals surface area (Å²) < 4.78 is 14.8. The van der Waals surface area contributed by atoms with Crippen LogP contribution < -0.4 is 12.9 Å². The minimum atomic E-state index is -2.29. The van der Waals surface area contributed by atoms with Gasteiger partial charge in [0, 0.05) is 0 Å². The first-order valence-electron chi connectivity index (χ1n) is 21.7. The summed E-state index contributed by atoms with van der Waals surface area (Å²) in [5, 5.41) is 1.31. The van der Waals surface area contributed by atoms with Crippen molar-refractivity contribution in [2.45, 2.75) is 167 Å². The summed E-state index contributed by atoms with van der Waals surface area (Å²) in [6.45, 7) is 18.7. The van der Waals surface area contributed by atoms with E-state index in [1.807, 2.05) is 6.92 Å². The summed E-state index contributed by atoms with van der Waals surface area (Å²) in [5.74, 6) is 6.26. The van der Waals surface area contributed by atoms with Crippen LogP contribution in [0, 0.1) is 0 Å². The first-order chi connectivity index (χ1) is 26.0. The second-order valence-corrected chi connectivity index (χ2v) is 36.5. The Bertz CT molecular complexity index is 1640. The third kappa shape index (κ3) is 14.0. The van der Waals surface area contributed by atoms with E-state index in [9.17, 15) is 0 Å². The molecule has 0 bridgehead atoms. The molecule has 0 aliphatic heterocycles. The van der Waals surface area contributed by atoms with Gasteiger partial charge in [-0.2, -0.15) is 0 Å². The van der Waals surface area contributed by atoms with Gasteiger partial charge in [0.1, 0.15) is 0 Å². The molecule has 0 spiro atoms. The van der Waals surface area contributed by atoms with E-state index in [0.717, 1.165) is 18.8 Å². The van der Waals surface area contributed by atoms with Crippen LogP contribution in [-0.4, -0.2) is 41.2 Å². The molecule has 54 heavy (non-hydrogen) atoms. The molecule has 0 radical (unpaired) electrons. The Morgan fingerprint density at radius 3 is 1.69 bits per heavy atom. The van der Waals surface area contributed by atoms with Crippen LogP contribution in [0.1, 0.15) is 127 Å². The average molecular weight is 868 g/mol. The Labute approximate surface area is 347 Å². The molecular weight excluding hydrogens is 793 g/mol. The predicted molar refractivity (Wildman–Crippen MR) is 252 cm³/mol. The second-order valence-electron chi connectivity index (χ2n) is 17.2. The molecule has 0 fully saturated rings. The van der Waals surface area contributed by atoms with Crippen molar-refractivity contribution < 1.29 is 9.47 Å². The van der Waals surface area contributed by atoms with E-state index >= 15 is 0 Å². The van der Waals surface area contributed by atoms with Gasteiger partial charge < -0.3 is 0 Å². The second kappa shape index (κ2) is 23.3. The number of ether oxygens (including phenoxy) is 2. The molecule has 0 aliphatic carbocycles. The number of hydrogen-bond acceptors (Lipinski definition) is 5. The summed E-state index contributed by atoms with van der Waals surface area (Å²) >= 11 is 4.20. The van der Waals surface area contributed by atoms with Crippen molar-refractivity contribution in [3.8, 4) is 25.3 Å². The topological polar surface area (TPSA) is 18.5 Å². The molecular formula is C47H74GeO2S3Si. The zero-order valence-corrected chi connectivity index (χ0v) is 41.3. The standard InChI is InChI=1S/C47H74GeO2S3Si/c1-10-14-17-20-23-38-34-42(51-45(38)43-35-40(25-22-19-16-12-3)47(52-43)54(7,8)9)46-39(24-21-18-15-11-2)36-44(53-46)48(5,6)31-30-37-26-28-41(29-27-37)50-33-32-49-13-4/h26-29,34-36H,10-25,30-33H2,1-9H3. The van der Waals surface area contributed by atoms with E-state index in [-0.39, 0.29) is 0 Å². The monoisotopic (exact) mass is 868 g/mol. The van der Waals surface area contributed by atoms with Crippen LogP contribution in [0.25, 0.3) is 19.5 Å². The molecule has 3 aromatic heterocycles. The van der Waals surface area contributed by atoms with Crippen LogP contribution in [0.2, 0.25) is 36.4 Å². The number of benzene rings is 1. The first-order valence-corrected chi connectivity index (χ1v) is 34.4. The quantitative estimate of drug-likeness (QED) is 0.0439. The number of hydrogen-bond donors (Lipinski definition) is 0. The molecule has 0 saturated heterocycles. The van der Waals surface area contributed by atoms with Crippen LogP contribution in [-0.2, 0) is 30.4 Å². The van der Waals surface area contributed by atoms with E-state index in [1.165, 1.54) is 107 Å². The van der Waals surface area contributed by atoms with Gasteiger partial charge in [-0.1, -0.05) is 19.8 Å². The van der Waals surface area contributed by atoms with E-state index < -0.39 is 21.3 Å². The predicted octanol–water partition coefficient (Wildman–Crippen LogP) is 14.7. The van der Waals surface area contributed by atoms with Crippen LogP contribution in [0.3, 0.4) is 0 Å². The molecule has 0 amide bonds. The Balaban J connectivity index is 1.65. The van der Waals surface area contributed by atoms with E-state index in [2.05, 4.69) is 128 Å². The summed E-state index contributed by atoms with van der Waals surface area (Å²) in [6, 6.07) is 16.8. The zero-order valence-electron chi connectivity index (χ0n) is 35.7. The van der Waals surface area contributed by atoms with Gasteiger partial charge in [-0.3, -0.25) is 0 Å². The van der Waals surface area contributed by atoms with E-state index in [0.29, 0.717) is 13.2 Å². The fourth-order valence-corrected chi connectivity index (χ4v) is 20.3. The van der Waals surface area contributed by atoms with Crippen molar-refractivity contribution in [1.29, 1.82) is 0 Å². The molecule has 0 unspecified atom stereocenters. The minimum absolute atomic E-state index is 0.607. The fourth-order valence-electron chi connectivity index (χ4n) is 7.37. The van der Waals surface area contributed by atoms with Crippen molar-refractivity contribution in [3.05, 3.63) is 64.7 Å². The summed E-state index contributed by atoms with van der Waals surface area (Å²) in [6.07, 6.45) is 20.7. The van der Waals surface area contributed by atoms with Crippen molar-refractivity contribution >= 4 is 63.6 Å². The van der Waals surface area contributed by atoms with Crippen molar-refractivity contribution in [2.75, 3.05) is 19.8 Å². The van der Waals surface area contributed by atoms with Crippen molar-refractivity contribution in [1.82, 2.24) is 0 Å². The van der Waals surface area contributed by atoms with Gasteiger partial charge in [0.2, 0.25) is 0 Å². The molecule has 0 N–H and O–H groups in total. The van der Waals surface area contributed by atoms with Crippen LogP contribution in [0.15, 0.2) is 42.5 Å². The van der Waals surface area contributed by atoms with E-state index in [4.69, 9.17) is 9.47 Å².